The number of carbonyl (C=O) groups excluding carboxylic acids is 2. The Bertz CT molecular complexity index is 1270. The number of phenolic OH excluding ortho intramolecular Hbond substituents is 1. The number of benzene rings is 3. The first kappa shape index (κ1) is 24.6. The Hall–Kier alpha value is -4.13. The van der Waals surface area contributed by atoms with Crippen LogP contribution in [0.25, 0.3) is 11.1 Å². The summed E-state index contributed by atoms with van der Waals surface area (Å²) in [6, 6.07) is 23.8. The summed E-state index contributed by atoms with van der Waals surface area (Å²) < 4.78 is 0. The van der Waals surface area contributed by atoms with Crippen LogP contribution in [0.3, 0.4) is 0 Å². The molecule has 0 aromatic heterocycles. The van der Waals surface area contributed by atoms with Crippen LogP contribution in [0.5, 0.6) is 5.75 Å². The molecule has 5 rings (SSSR count). The third-order valence-corrected chi connectivity index (χ3v) is 7.23. The third-order valence-electron chi connectivity index (χ3n) is 7.23. The number of oxime groups is 1. The average molecular weight is 498 g/mol. The summed E-state index contributed by atoms with van der Waals surface area (Å²) >= 11 is 0. The molecule has 1 N–H and O–H groups in total. The molecule has 2 aliphatic rings. The van der Waals surface area contributed by atoms with Crippen LogP contribution in [0.2, 0.25) is 0 Å². The van der Waals surface area contributed by atoms with Crippen molar-refractivity contribution in [2.75, 3.05) is 20.2 Å². The zero-order chi connectivity index (χ0) is 25.8. The van der Waals surface area contributed by atoms with Gasteiger partial charge in [0.2, 0.25) is 5.91 Å². The lowest BCUT2D eigenvalue weighted by Gasteiger charge is -2.39. The van der Waals surface area contributed by atoms with E-state index in [-0.39, 0.29) is 30.2 Å². The number of aromatic hydroxyl groups is 1. The monoisotopic (exact) mass is 497 g/mol. The van der Waals surface area contributed by atoms with Crippen molar-refractivity contribution >= 4 is 17.5 Å². The molecule has 0 aliphatic carbocycles. The molecule has 2 saturated heterocycles. The van der Waals surface area contributed by atoms with Gasteiger partial charge in [0.1, 0.15) is 18.9 Å². The van der Waals surface area contributed by atoms with Crippen molar-refractivity contribution < 1.29 is 19.5 Å². The Labute approximate surface area is 217 Å². The Balaban J connectivity index is 1.40. The van der Waals surface area contributed by atoms with Gasteiger partial charge < -0.3 is 19.7 Å². The second-order valence-electron chi connectivity index (χ2n) is 9.57. The first-order valence-corrected chi connectivity index (χ1v) is 12.7. The maximum Gasteiger partial charge on any atom is 0.254 e. The van der Waals surface area contributed by atoms with E-state index in [0.717, 1.165) is 36.0 Å². The molecule has 2 aliphatic heterocycles. The second kappa shape index (κ2) is 10.9. The van der Waals surface area contributed by atoms with Crippen molar-refractivity contribution in [3.63, 3.8) is 0 Å². The molecule has 0 saturated carbocycles. The highest BCUT2D eigenvalue weighted by molar-refractivity contribution is 6.05. The number of rotatable bonds is 5. The summed E-state index contributed by atoms with van der Waals surface area (Å²) in [5, 5.41) is 13.8. The molecule has 2 unspecified atom stereocenters. The van der Waals surface area contributed by atoms with E-state index in [4.69, 9.17) is 4.84 Å². The van der Waals surface area contributed by atoms with Gasteiger partial charge in [0.25, 0.3) is 5.91 Å². The number of nitrogens with zero attached hydrogens (tertiary/aromatic N) is 3. The van der Waals surface area contributed by atoms with Crippen LogP contribution in [0.1, 0.15) is 47.6 Å². The van der Waals surface area contributed by atoms with Gasteiger partial charge >= 0.3 is 0 Å². The minimum atomic E-state index is -0.645. The molecule has 0 bridgehead atoms. The van der Waals surface area contributed by atoms with E-state index in [1.165, 1.54) is 7.11 Å². The standard InChI is InChI=1S/C30H31N3O4/c1-37-31-25-19-28(30(36)32-18-6-5-9-27(32)23-14-16-26(34)17-15-23)33(20-25)29(35)24-12-10-22(11-13-24)21-7-3-2-4-8-21/h2-4,7-8,10-17,27-28,34H,5-6,9,18-20H2,1H3. The van der Waals surface area contributed by atoms with Gasteiger partial charge in [-0.15, -0.1) is 0 Å². The number of hydrogen-bond donors (Lipinski definition) is 1. The molecule has 2 fully saturated rings. The number of likely N-dealkylation sites (tertiary alicyclic amines) is 2. The number of piperidine rings is 1. The predicted molar refractivity (Wildman–Crippen MR) is 142 cm³/mol. The van der Waals surface area contributed by atoms with E-state index in [9.17, 15) is 14.7 Å². The topological polar surface area (TPSA) is 82.4 Å². The van der Waals surface area contributed by atoms with Crippen molar-refractivity contribution in [1.29, 1.82) is 0 Å². The molecular formula is C30H31N3O4. The molecule has 190 valence electrons. The molecule has 37 heavy (non-hydrogen) atoms. The van der Waals surface area contributed by atoms with Crippen LogP contribution in [0.15, 0.2) is 84.0 Å². The van der Waals surface area contributed by atoms with Crippen molar-refractivity contribution in [1.82, 2.24) is 9.80 Å². The van der Waals surface area contributed by atoms with Gasteiger partial charge in [-0.3, -0.25) is 9.59 Å². The van der Waals surface area contributed by atoms with Crippen molar-refractivity contribution in [3.8, 4) is 16.9 Å². The maximum absolute atomic E-state index is 14.0. The summed E-state index contributed by atoms with van der Waals surface area (Å²) in [5.74, 6) is -0.0745. The van der Waals surface area contributed by atoms with Gasteiger partial charge in [-0.1, -0.05) is 59.8 Å². The lowest BCUT2D eigenvalue weighted by atomic mass is 9.94. The van der Waals surface area contributed by atoms with Crippen LogP contribution >= 0.6 is 0 Å². The SMILES string of the molecule is CON=C1CC(C(=O)N2CCCCC2c2ccc(O)cc2)N(C(=O)c2ccc(-c3ccccc3)cc2)C1. The van der Waals surface area contributed by atoms with Crippen LogP contribution in [0, 0.1) is 0 Å². The molecule has 2 heterocycles. The highest BCUT2D eigenvalue weighted by Crippen LogP contribution is 2.34. The maximum atomic E-state index is 14.0. The van der Waals surface area contributed by atoms with E-state index in [2.05, 4.69) is 5.16 Å². The molecule has 3 aromatic carbocycles. The normalized spacial score (nSPS) is 20.7. The fourth-order valence-corrected chi connectivity index (χ4v) is 5.37. The largest absolute Gasteiger partial charge is 0.508 e. The Morgan fingerprint density at radius 2 is 1.59 bits per heavy atom. The molecule has 7 nitrogen and oxygen atoms in total. The second-order valence-corrected chi connectivity index (χ2v) is 9.57. The van der Waals surface area contributed by atoms with Crippen LogP contribution in [-0.4, -0.2) is 58.7 Å². The van der Waals surface area contributed by atoms with Crippen molar-refractivity contribution in [3.05, 3.63) is 90.0 Å². The van der Waals surface area contributed by atoms with E-state index in [0.29, 0.717) is 24.2 Å². The Morgan fingerprint density at radius 3 is 2.30 bits per heavy atom. The van der Waals surface area contributed by atoms with Crippen molar-refractivity contribution in [2.24, 2.45) is 5.16 Å². The summed E-state index contributed by atoms with van der Waals surface area (Å²) in [6.45, 7) is 0.882. The van der Waals surface area contributed by atoms with Gasteiger partial charge in [-0.25, -0.2) is 0 Å². The molecule has 0 radical (unpaired) electrons. The zero-order valence-electron chi connectivity index (χ0n) is 20.9. The van der Waals surface area contributed by atoms with Crippen molar-refractivity contribution in [2.45, 2.75) is 37.8 Å². The zero-order valence-corrected chi connectivity index (χ0v) is 20.9. The predicted octanol–water partition coefficient (Wildman–Crippen LogP) is 5.03. The van der Waals surface area contributed by atoms with Gasteiger partial charge in [-0.2, -0.15) is 0 Å². The molecule has 3 aromatic rings. The summed E-state index contributed by atoms with van der Waals surface area (Å²) in [7, 11) is 1.47. The van der Waals surface area contributed by atoms with Gasteiger partial charge in [-0.05, 0) is 60.2 Å². The number of hydrogen-bond acceptors (Lipinski definition) is 5. The Kier molecular flexibility index (Phi) is 7.21. The highest BCUT2D eigenvalue weighted by Gasteiger charge is 2.42. The van der Waals surface area contributed by atoms with Crippen LogP contribution in [-0.2, 0) is 9.63 Å². The number of carbonyl (C=O) groups is 2. The van der Waals surface area contributed by atoms with Gasteiger partial charge in [0.05, 0.1) is 18.3 Å². The first-order chi connectivity index (χ1) is 18.0. The number of phenols is 1. The lowest BCUT2D eigenvalue weighted by Crippen LogP contribution is -2.50. The fraction of sp³-hybridized carbons (Fsp3) is 0.300. The third kappa shape index (κ3) is 5.21. The van der Waals surface area contributed by atoms with E-state index in [1.54, 1.807) is 17.0 Å². The van der Waals surface area contributed by atoms with Crippen LogP contribution in [0.4, 0.5) is 0 Å². The molecule has 2 atom stereocenters. The van der Waals surface area contributed by atoms with Crippen LogP contribution < -0.4 is 0 Å². The molecule has 7 heteroatoms. The quantitative estimate of drug-likeness (QED) is 0.501. The average Bonchev–Trinajstić information content (AvgIpc) is 3.37. The Morgan fingerprint density at radius 1 is 0.892 bits per heavy atom. The molecule has 0 spiro atoms. The van der Waals surface area contributed by atoms with Gasteiger partial charge in [0.15, 0.2) is 0 Å². The van der Waals surface area contributed by atoms with E-state index in [1.807, 2.05) is 71.6 Å². The minimum absolute atomic E-state index is 0.0756. The minimum Gasteiger partial charge on any atom is -0.508 e. The fourth-order valence-electron chi connectivity index (χ4n) is 5.37. The van der Waals surface area contributed by atoms with Gasteiger partial charge in [0, 0.05) is 18.5 Å². The first-order valence-electron chi connectivity index (χ1n) is 12.7. The summed E-state index contributed by atoms with van der Waals surface area (Å²) in [6.07, 6.45) is 3.13. The molecule has 2 amide bonds. The molecular weight excluding hydrogens is 466 g/mol. The highest BCUT2D eigenvalue weighted by atomic mass is 16.6. The smallest absolute Gasteiger partial charge is 0.254 e. The summed E-state index contributed by atoms with van der Waals surface area (Å²) in [4.78, 5) is 36.2. The van der Waals surface area contributed by atoms with E-state index >= 15 is 0 Å². The summed E-state index contributed by atoms with van der Waals surface area (Å²) in [5.41, 5.74) is 4.30. The van der Waals surface area contributed by atoms with E-state index < -0.39 is 6.04 Å². The number of amides is 2. The lowest BCUT2D eigenvalue weighted by molar-refractivity contribution is -0.139.